The molecule has 2 aromatic rings. The number of carbonyl (C=O) groups excluding carboxylic acids is 1. The van der Waals surface area contributed by atoms with Gasteiger partial charge in [0.05, 0.1) is 17.6 Å². The SMILES string of the molecule is Cc1cccc(-n2cc(CC=O)nn2)c1. The Morgan fingerprint density at radius 3 is 3.07 bits per heavy atom. The Labute approximate surface area is 87.5 Å². The molecule has 4 nitrogen and oxygen atoms in total. The molecule has 0 aliphatic heterocycles. The maximum atomic E-state index is 10.3. The summed E-state index contributed by atoms with van der Waals surface area (Å²) in [4.78, 5) is 10.3. The van der Waals surface area contributed by atoms with Crippen LogP contribution in [-0.2, 0) is 11.2 Å². The monoisotopic (exact) mass is 201 g/mol. The maximum Gasteiger partial charge on any atom is 0.126 e. The second kappa shape index (κ2) is 4.04. The molecule has 1 aromatic carbocycles. The molecule has 0 saturated carbocycles. The third-order valence-electron chi connectivity index (χ3n) is 2.10. The van der Waals surface area contributed by atoms with E-state index in [4.69, 9.17) is 0 Å². The zero-order valence-corrected chi connectivity index (χ0v) is 8.42. The highest BCUT2D eigenvalue weighted by atomic mass is 16.1. The second-order valence-electron chi connectivity index (χ2n) is 3.36. The average molecular weight is 201 g/mol. The van der Waals surface area contributed by atoms with E-state index in [9.17, 15) is 4.79 Å². The molecule has 0 aliphatic carbocycles. The van der Waals surface area contributed by atoms with Crippen molar-refractivity contribution in [2.24, 2.45) is 0 Å². The zero-order valence-electron chi connectivity index (χ0n) is 8.42. The Morgan fingerprint density at radius 2 is 2.33 bits per heavy atom. The van der Waals surface area contributed by atoms with Gasteiger partial charge < -0.3 is 4.79 Å². The largest absolute Gasteiger partial charge is 0.303 e. The lowest BCUT2D eigenvalue weighted by Crippen LogP contribution is -1.94. The van der Waals surface area contributed by atoms with Gasteiger partial charge in [0.2, 0.25) is 0 Å². The van der Waals surface area contributed by atoms with Gasteiger partial charge in [-0.05, 0) is 24.6 Å². The Kier molecular flexibility index (Phi) is 2.58. The Balaban J connectivity index is 2.32. The van der Waals surface area contributed by atoms with E-state index in [1.165, 1.54) is 5.56 Å². The number of nitrogens with zero attached hydrogens (tertiary/aromatic N) is 3. The van der Waals surface area contributed by atoms with E-state index in [1.807, 2.05) is 31.2 Å². The summed E-state index contributed by atoms with van der Waals surface area (Å²) in [5, 5.41) is 7.85. The first-order chi connectivity index (χ1) is 7.29. The third-order valence-corrected chi connectivity index (χ3v) is 2.10. The summed E-state index contributed by atoms with van der Waals surface area (Å²) in [5.41, 5.74) is 2.81. The summed E-state index contributed by atoms with van der Waals surface area (Å²) in [6.45, 7) is 2.02. The van der Waals surface area contributed by atoms with Gasteiger partial charge in [0.1, 0.15) is 6.29 Å². The summed E-state index contributed by atoms with van der Waals surface area (Å²) in [6, 6.07) is 7.95. The van der Waals surface area contributed by atoms with E-state index < -0.39 is 0 Å². The van der Waals surface area contributed by atoms with Crippen LogP contribution >= 0.6 is 0 Å². The molecule has 0 spiro atoms. The molecule has 0 radical (unpaired) electrons. The van der Waals surface area contributed by atoms with Gasteiger partial charge >= 0.3 is 0 Å². The molecule has 0 saturated heterocycles. The number of aromatic nitrogens is 3. The van der Waals surface area contributed by atoms with Crippen LogP contribution in [0.4, 0.5) is 0 Å². The number of aryl methyl sites for hydroxylation is 1. The molecular weight excluding hydrogens is 190 g/mol. The van der Waals surface area contributed by atoms with Crippen molar-refractivity contribution in [3.05, 3.63) is 41.7 Å². The van der Waals surface area contributed by atoms with Crippen molar-refractivity contribution in [3.63, 3.8) is 0 Å². The minimum absolute atomic E-state index is 0.311. The molecule has 0 N–H and O–H groups in total. The highest BCUT2D eigenvalue weighted by Gasteiger charge is 2.01. The van der Waals surface area contributed by atoms with Crippen molar-refractivity contribution >= 4 is 6.29 Å². The number of carbonyl (C=O) groups is 1. The molecule has 0 atom stereocenters. The second-order valence-corrected chi connectivity index (χ2v) is 3.36. The molecule has 0 bridgehead atoms. The quantitative estimate of drug-likeness (QED) is 0.703. The molecule has 2 rings (SSSR count). The van der Waals surface area contributed by atoms with E-state index in [0.717, 1.165) is 12.0 Å². The number of hydrogen-bond donors (Lipinski definition) is 0. The van der Waals surface area contributed by atoms with Crippen LogP contribution in [0.25, 0.3) is 5.69 Å². The fourth-order valence-corrected chi connectivity index (χ4v) is 1.37. The number of benzene rings is 1. The lowest BCUT2D eigenvalue weighted by atomic mass is 10.2. The number of rotatable bonds is 3. The van der Waals surface area contributed by atoms with Crippen molar-refractivity contribution in [3.8, 4) is 5.69 Å². The van der Waals surface area contributed by atoms with E-state index in [1.54, 1.807) is 10.9 Å². The minimum Gasteiger partial charge on any atom is -0.303 e. The Morgan fingerprint density at radius 1 is 1.47 bits per heavy atom. The van der Waals surface area contributed by atoms with Gasteiger partial charge in [-0.25, -0.2) is 4.68 Å². The van der Waals surface area contributed by atoms with Crippen LogP contribution in [-0.4, -0.2) is 21.3 Å². The van der Waals surface area contributed by atoms with Gasteiger partial charge in [0, 0.05) is 6.42 Å². The van der Waals surface area contributed by atoms with Gasteiger partial charge in [-0.1, -0.05) is 17.3 Å². The van der Waals surface area contributed by atoms with Gasteiger partial charge in [0.25, 0.3) is 0 Å². The van der Waals surface area contributed by atoms with Crippen LogP contribution in [0.1, 0.15) is 11.3 Å². The Hall–Kier alpha value is -1.97. The topological polar surface area (TPSA) is 47.8 Å². The molecule has 15 heavy (non-hydrogen) atoms. The van der Waals surface area contributed by atoms with E-state index in [-0.39, 0.29) is 0 Å². The molecule has 0 aliphatic rings. The van der Waals surface area contributed by atoms with Crippen molar-refractivity contribution < 1.29 is 4.79 Å². The zero-order chi connectivity index (χ0) is 10.7. The van der Waals surface area contributed by atoms with Crippen LogP contribution in [0.15, 0.2) is 30.5 Å². The molecular formula is C11H11N3O. The van der Waals surface area contributed by atoms with E-state index in [0.29, 0.717) is 12.1 Å². The highest BCUT2D eigenvalue weighted by Crippen LogP contribution is 2.08. The van der Waals surface area contributed by atoms with Crippen LogP contribution in [0.5, 0.6) is 0 Å². The fraction of sp³-hybridized carbons (Fsp3) is 0.182. The first-order valence-corrected chi connectivity index (χ1v) is 4.71. The van der Waals surface area contributed by atoms with Crippen LogP contribution in [0.3, 0.4) is 0 Å². The van der Waals surface area contributed by atoms with Gasteiger partial charge in [0.15, 0.2) is 0 Å². The first-order valence-electron chi connectivity index (χ1n) is 4.71. The summed E-state index contributed by atoms with van der Waals surface area (Å²) in [5.74, 6) is 0. The maximum absolute atomic E-state index is 10.3. The first kappa shape index (κ1) is 9.58. The van der Waals surface area contributed by atoms with E-state index >= 15 is 0 Å². The van der Waals surface area contributed by atoms with Crippen LogP contribution < -0.4 is 0 Å². The van der Waals surface area contributed by atoms with Crippen molar-refractivity contribution in [1.82, 2.24) is 15.0 Å². The van der Waals surface area contributed by atoms with E-state index in [2.05, 4.69) is 10.3 Å². The molecule has 1 heterocycles. The predicted molar refractivity (Wildman–Crippen MR) is 55.9 cm³/mol. The van der Waals surface area contributed by atoms with Gasteiger partial charge in [-0.15, -0.1) is 5.10 Å². The van der Waals surface area contributed by atoms with Crippen LogP contribution in [0, 0.1) is 6.92 Å². The minimum atomic E-state index is 0.311. The smallest absolute Gasteiger partial charge is 0.126 e. The van der Waals surface area contributed by atoms with Crippen molar-refractivity contribution in [2.75, 3.05) is 0 Å². The number of hydrogen-bond acceptors (Lipinski definition) is 3. The lowest BCUT2D eigenvalue weighted by Gasteiger charge is -1.99. The standard InChI is InChI=1S/C11H11N3O/c1-9-3-2-4-11(7-9)14-8-10(5-6-15)12-13-14/h2-4,6-8H,5H2,1H3. The highest BCUT2D eigenvalue weighted by molar-refractivity contribution is 5.53. The van der Waals surface area contributed by atoms with Gasteiger partial charge in [-0.3, -0.25) is 0 Å². The molecule has 0 unspecified atom stereocenters. The molecule has 0 amide bonds. The normalized spacial score (nSPS) is 10.2. The third kappa shape index (κ3) is 2.10. The fourth-order valence-electron chi connectivity index (χ4n) is 1.37. The average Bonchev–Trinajstić information content (AvgIpc) is 2.67. The summed E-state index contributed by atoms with van der Waals surface area (Å²) >= 11 is 0. The summed E-state index contributed by atoms with van der Waals surface area (Å²) in [6.07, 6.45) is 2.90. The molecule has 4 heteroatoms. The molecule has 0 fully saturated rings. The van der Waals surface area contributed by atoms with Crippen LogP contribution in [0.2, 0.25) is 0 Å². The van der Waals surface area contributed by atoms with Crippen molar-refractivity contribution in [2.45, 2.75) is 13.3 Å². The lowest BCUT2D eigenvalue weighted by molar-refractivity contribution is -0.107. The summed E-state index contributed by atoms with van der Waals surface area (Å²) < 4.78 is 1.67. The predicted octanol–water partition coefficient (Wildman–Crippen LogP) is 1.32. The Bertz CT molecular complexity index is 476. The molecule has 76 valence electrons. The van der Waals surface area contributed by atoms with Gasteiger partial charge in [-0.2, -0.15) is 0 Å². The van der Waals surface area contributed by atoms with Crippen molar-refractivity contribution in [1.29, 1.82) is 0 Å². The molecule has 1 aromatic heterocycles. The number of aldehydes is 1. The summed E-state index contributed by atoms with van der Waals surface area (Å²) in [7, 11) is 0.